The molecule has 2 unspecified atom stereocenters. The van der Waals surface area contributed by atoms with Crippen LogP contribution in [0.2, 0.25) is 0 Å². The molecule has 30 heavy (non-hydrogen) atoms. The third kappa shape index (κ3) is 6.03. The molecular weight excluding hydrogens is 380 g/mol. The topological polar surface area (TPSA) is 86.2 Å². The molecule has 3 rings (SSSR count). The molecule has 2 fully saturated rings. The number of hydrogen-bond acceptors (Lipinski definition) is 4. The van der Waals surface area contributed by atoms with Gasteiger partial charge in [-0.2, -0.15) is 0 Å². The number of amides is 1. The highest BCUT2D eigenvalue weighted by Crippen LogP contribution is 2.36. The number of ether oxygens (including phenoxy) is 1. The van der Waals surface area contributed by atoms with Gasteiger partial charge in [0.05, 0.1) is 0 Å². The van der Waals surface area contributed by atoms with Crippen molar-refractivity contribution in [3.63, 3.8) is 0 Å². The molecule has 1 aromatic carbocycles. The number of piperidine rings is 1. The van der Waals surface area contributed by atoms with E-state index in [1.54, 1.807) is 19.2 Å². The van der Waals surface area contributed by atoms with Crippen molar-refractivity contribution >= 4 is 12.1 Å². The third-order valence-electron chi connectivity index (χ3n) is 5.77. The molecule has 3 N–H and O–H groups in total. The van der Waals surface area contributed by atoms with Gasteiger partial charge in [-0.15, -0.1) is 0 Å². The van der Waals surface area contributed by atoms with Gasteiger partial charge in [0.25, 0.3) is 0 Å². The maximum Gasteiger partial charge on any atom is 0.410 e. The third-order valence-corrected chi connectivity index (χ3v) is 5.77. The molecule has 1 aromatic rings. The molecule has 166 valence electrons. The van der Waals surface area contributed by atoms with Crippen LogP contribution < -0.4 is 10.6 Å². The molecule has 0 aliphatic carbocycles. The molecule has 2 saturated heterocycles. The van der Waals surface area contributed by atoms with Crippen molar-refractivity contribution in [2.24, 2.45) is 4.99 Å². The van der Waals surface area contributed by atoms with E-state index in [2.05, 4.69) is 15.6 Å². The lowest BCUT2D eigenvalue weighted by molar-refractivity contribution is 0.00545. The first-order chi connectivity index (χ1) is 14.2. The number of hydrogen-bond donors (Lipinski definition) is 3. The molecule has 0 spiro atoms. The number of phenolic OH excluding ortho intramolecular Hbond substituents is 1. The Morgan fingerprint density at radius 1 is 1.20 bits per heavy atom. The molecule has 1 amide bonds. The smallest absolute Gasteiger partial charge is 0.410 e. The Kier molecular flexibility index (Phi) is 7.10. The molecular formula is C23H36N4O3. The molecule has 2 aliphatic heterocycles. The zero-order valence-corrected chi connectivity index (χ0v) is 18.6. The van der Waals surface area contributed by atoms with Crippen LogP contribution in [0.25, 0.3) is 0 Å². The summed E-state index contributed by atoms with van der Waals surface area (Å²) >= 11 is 0. The maximum absolute atomic E-state index is 12.6. The fourth-order valence-electron chi connectivity index (χ4n) is 4.46. The van der Waals surface area contributed by atoms with Crippen LogP contribution in [0.1, 0.15) is 58.4 Å². The summed E-state index contributed by atoms with van der Waals surface area (Å²) in [5, 5.41) is 16.3. The fraction of sp³-hybridized carbons (Fsp3) is 0.652. The predicted octanol–water partition coefficient (Wildman–Crippen LogP) is 3.42. The van der Waals surface area contributed by atoms with Crippen LogP contribution in [-0.4, -0.2) is 59.4 Å². The average molecular weight is 417 g/mol. The SMILES string of the molecule is CN=C(NCCCc1ccc(O)cc1)NC1CC2CCC(C1)N2C(=O)OC(C)(C)C. The molecule has 0 radical (unpaired) electrons. The first kappa shape index (κ1) is 22.2. The standard InChI is InChI=1S/C23H36N4O3/c1-23(2,3)30-22(29)27-18-9-10-19(27)15-17(14-18)26-21(24-4)25-13-5-6-16-7-11-20(28)12-8-16/h7-8,11-12,17-19,28H,5-6,9-10,13-15H2,1-4H3,(H2,24,25,26). The number of nitrogens with one attached hydrogen (secondary N) is 2. The van der Waals surface area contributed by atoms with E-state index < -0.39 is 5.60 Å². The second-order valence-corrected chi connectivity index (χ2v) is 9.35. The Labute approximate surface area is 179 Å². The quantitative estimate of drug-likeness (QED) is 0.389. The summed E-state index contributed by atoms with van der Waals surface area (Å²) in [5.74, 6) is 1.11. The monoisotopic (exact) mass is 416 g/mol. The van der Waals surface area contributed by atoms with Gasteiger partial charge in [0.1, 0.15) is 11.4 Å². The summed E-state index contributed by atoms with van der Waals surface area (Å²) in [6.07, 6.45) is 5.68. The normalized spacial score (nSPS) is 23.9. The lowest BCUT2D eigenvalue weighted by atomic mass is 9.98. The Morgan fingerprint density at radius 3 is 2.40 bits per heavy atom. The highest BCUT2D eigenvalue weighted by Gasteiger charge is 2.45. The van der Waals surface area contributed by atoms with Gasteiger partial charge in [0, 0.05) is 31.7 Å². The molecule has 2 heterocycles. The van der Waals surface area contributed by atoms with Crippen molar-refractivity contribution < 1.29 is 14.6 Å². The van der Waals surface area contributed by atoms with E-state index in [9.17, 15) is 9.90 Å². The van der Waals surface area contributed by atoms with Crippen molar-refractivity contribution in [3.8, 4) is 5.75 Å². The molecule has 2 bridgehead atoms. The van der Waals surface area contributed by atoms with Crippen LogP contribution in [0.15, 0.2) is 29.3 Å². The van der Waals surface area contributed by atoms with Gasteiger partial charge in [-0.3, -0.25) is 4.99 Å². The number of carbonyl (C=O) groups is 1. The van der Waals surface area contributed by atoms with Crippen molar-refractivity contribution in [2.75, 3.05) is 13.6 Å². The van der Waals surface area contributed by atoms with E-state index in [0.29, 0.717) is 11.8 Å². The Balaban J connectivity index is 1.43. The summed E-state index contributed by atoms with van der Waals surface area (Å²) in [6.45, 7) is 6.57. The molecule has 2 atom stereocenters. The zero-order valence-electron chi connectivity index (χ0n) is 18.6. The van der Waals surface area contributed by atoms with Gasteiger partial charge in [-0.25, -0.2) is 4.79 Å². The molecule has 0 saturated carbocycles. The highest BCUT2D eigenvalue weighted by atomic mass is 16.6. The lowest BCUT2D eigenvalue weighted by Gasteiger charge is -2.40. The van der Waals surface area contributed by atoms with Gasteiger partial charge < -0.3 is 25.4 Å². The number of phenols is 1. The second kappa shape index (κ2) is 9.58. The Bertz CT molecular complexity index is 728. The van der Waals surface area contributed by atoms with E-state index in [-0.39, 0.29) is 18.2 Å². The lowest BCUT2D eigenvalue weighted by Crippen LogP contribution is -2.55. The van der Waals surface area contributed by atoms with Crippen molar-refractivity contribution in [3.05, 3.63) is 29.8 Å². The first-order valence-corrected chi connectivity index (χ1v) is 11.0. The number of carbonyl (C=O) groups excluding carboxylic acids is 1. The number of benzene rings is 1. The van der Waals surface area contributed by atoms with Crippen LogP contribution in [0, 0.1) is 0 Å². The highest BCUT2D eigenvalue weighted by molar-refractivity contribution is 5.80. The largest absolute Gasteiger partial charge is 0.508 e. The zero-order chi connectivity index (χ0) is 21.7. The van der Waals surface area contributed by atoms with Crippen molar-refractivity contribution in [1.29, 1.82) is 0 Å². The van der Waals surface area contributed by atoms with Gasteiger partial charge in [-0.1, -0.05) is 12.1 Å². The molecule has 7 nitrogen and oxygen atoms in total. The van der Waals surface area contributed by atoms with E-state index in [4.69, 9.17) is 4.74 Å². The molecule has 2 aliphatic rings. The summed E-state index contributed by atoms with van der Waals surface area (Å²) in [4.78, 5) is 18.9. The van der Waals surface area contributed by atoms with Crippen LogP contribution in [-0.2, 0) is 11.2 Å². The number of aryl methyl sites for hydroxylation is 1. The molecule has 0 aromatic heterocycles. The van der Waals surface area contributed by atoms with E-state index in [1.807, 2.05) is 37.8 Å². The number of rotatable bonds is 5. The maximum atomic E-state index is 12.6. The summed E-state index contributed by atoms with van der Waals surface area (Å²) in [7, 11) is 1.79. The molecule has 7 heteroatoms. The van der Waals surface area contributed by atoms with Gasteiger partial charge >= 0.3 is 6.09 Å². The second-order valence-electron chi connectivity index (χ2n) is 9.35. The van der Waals surface area contributed by atoms with Gasteiger partial charge in [0.15, 0.2) is 5.96 Å². The van der Waals surface area contributed by atoms with Crippen molar-refractivity contribution in [1.82, 2.24) is 15.5 Å². The Morgan fingerprint density at radius 2 is 1.83 bits per heavy atom. The average Bonchev–Trinajstić information content (AvgIpc) is 2.95. The predicted molar refractivity (Wildman–Crippen MR) is 119 cm³/mol. The van der Waals surface area contributed by atoms with E-state index >= 15 is 0 Å². The van der Waals surface area contributed by atoms with Crippen LogP contribution >= 0.6 is 0 Å². The number of aromatic hydroxyl groups is 1. The minimum Gasteiger partial charge on any atom is -0.508 e. The van der Waals surface area contributed by atoms with Gasteiger partial charge in [-0.05, 0) is 77.0 Å². The fourth-order valence-corrected chi connectivity index (χ4v) is 4.46. The van der Waals surface area contributed by atoms with E-state index in [0.717, 1.165) is 51.0 Å². The van der Waals surface area contributed by atoms with Crippen LogP contribution in [0.5, 0.6) is 5.75 Å². The minimum atomic E-state index is -0.461. The van der Waals surface area contributed by atoms with Gasteiger partial charge in [0.2, 0.25) is 0 Å². The number of guanidine groups is 1. The minimum absolute atomic E-state index is 0.176. The summed E-state index contributed by atoms with van der Waals surface area (Å²) < 4.78 is 5.62. The summed E-state index contributed by atoms with van der Waals surface area (Å²) in [5.41, 5.74) is 0.751. The number of aliphatic imine (C=N–C) groups is 1. The van der Waals surface area contributed by atoms with Crippen LogP contribution in [0.4, 0.5) is 4.79 Å². The van der Waals surface area contributed by atoms with Crippen molar-refractivity contribution in [2.45, 2.75) is 83.0 Å². The first-order valence-electron chi connectivity index (χ1n) is 11.0. The van der Waals surface area contributed by atoms with Crippen LogP contribution in [0.3, 0.4) is 0 Å². The number of nitrogens with zero attached hydrogens (tertiary/aromatic N) is 2. The summed E-state index contributed by atoms with van der Waals surface area (Å²) in [6, 6.07) is 8.15. The number of fused-ring (bicyclic) bond motifs is 2. The van der Waals surface area contributed by atoms with E-state index in [1.165, 1.54) is 5.56 Å². The Hall–Kier alpha value is -2.44.